The maximum absolute atomic E-state index is 12.4. The first-order valence-corrected chi connectivity index (χ1v) is 24.0. The molecule has 6 heteroatoms. The van der Waals surface area contributed by atoms with Gasteiger partial charge in [-0.25, -0.2) is 0 Å². The van der Waals surface area contributed by atoms with E-state index in [9.17, 15) is 19.8 Å². The Kier molecular flexibility index (Phi) is 43.2. The van der Waals surface area contributed by atoms with Crippen molar-refractivity contribution in [3.05, 3.63) is 12.2 Å². The molecule has 0 fully saturated rings. The Balaban J connectivity index is 3.47. The summed E-state index contributed by atoms with van der Waals surface area (Å²) >= 11 is 0. The number of unbranched alkanes of at least 4 members (excludes halogenated alkanes) is 33. The number of nitrogens with one attached hydrogen (secondary N) is 1. The van der Waals surface area contributed by atoms with Crippen molar-refractivity contribution in [2.24, 2.45) is 0 Å². The highest BCUT2D eigenvalue weighted by molar-refractivity contribution is 5.76. The van der Waals surface area contributed by atoms with Gasteiger partial charge in [-0.15, -0.1) is 0 Å². The van der Waals surface area contributed by atoms with Crippen LogP contribution in [-0.4, -0.2) is 47.4 Å². The molecule has 0 aromatic rings. The molecule has 0 spiro atoms. The topological polar surface area (TPSA) is 95.9 Å². The molecule has 0 rings (SSSR count). The Bertz CT molecular complexity index is 802. The van der Waals surface area contributed by atoms with Crippen molar-refractivity contribution in [2.45, 2.75) is 270 Å². The molecular weight excluding hydrogens is 671 g/mol. The molecule has 3 N–H and O–H groups in total. The van der Waals surface area contributed by atoms with Crippen LogP contribution < -0.4 is 5.32 Å². The second-order valence-electron chi connectivity index (χ2n) is 16.5. The normalized spacial score (nSPS) is 12.7. The van der Waals surface area contributed by atoms with Crippen molar-refractivity contribution < 1.29 is 24.5 Å². The summed E-state index contributed by atoms with van der Waals surface area (Å²) in [6.07, 6.45) is 49.1. The molecule has 0 bridgehead atoms. The Morgan fingerprint density at radius 1 is 0.500 bits per heavy atom. The predicted molar refractivity (Wildman–Crippen MR) is 232 cm³/mol. The van der Waals surface area contributed by atoms with Gasteiger partial charge in [0.05, 0.1) is 25.4 Å². The van der Waals surface area contributed by atoms with Crippen molar-refractivity contribution in [3.63, 3.8) is 0 Å². The van der Waals surface area contributed by atoms with Crippen LogP contribution in [0.2, 0.25) is 0 Å². The number of allylic oxidation sites excluding steroid dienone is 1. The lowest BCUT2D eigenvalue weighted by Crippen LogP contribution is -2.45. The summed E-state index contributed by atoms with van der Waals surface area (Å²) in [5.41, 5.74) is 0. The molecule has 0 radical (unpaired) electrons. The molecule has 2 unspecified atom stereocenters. The van der Waals surface area contributed by atoms with Gasteiger partial charge < -0.3 is 20.3 Å². The molecule has 0 saturated carbocycles. The molecule has 0 heterocycles. The molecule has 54 heavy (non-hydrogen) atoms. The smallest absolute Gasteiger partial charge is 0.305 e. The quantitative estimate of drug-likeness (QED) is 0.0326. The summed E-state index contributed by atoms with van der Waals surface area (Å²) in [5, 5.41) is 22.9. The molecule has 320 valence electrons. The van der Waals surface area contributed by atoms with Gasteiger partial charge in [0.15, 0.2) is 0 Å². The van der Waals surface area contributed by atoms with Crippen molar-refractivity contribution in [3.8, 4) is 0 Å². The van der Waals surface area contributed by atoms with Crippen molar-refractivity contribution in [2.75, 3.05) is 13.2 Å². The van der Waals surface area contributed by atoms with E-state index in [1.807, 2.05) is 6.08 Å². The molecule has 6 nitrogen and oxygen atoms in total. The van der Waals surface area contributed by atoms with E-state index in [-0.39, 0.29) is 18.5 Å². The van der Waals surface area contributed by atoms with E-state index in [0.717, 1.165) is 57.8 Å². The Hall–Kier alpha value is -1.40. The van der Waals surface area contributed by atoms with Gasteiger partial charge in [-0.2, -0.15) is 0 Å². The van der Waals surface area contributed by atoms with Crippen LogP contribution in [0.15, 0.2) is 12.2 Å². The molecule has 0 aliphatic heterocycles. The maximum Gasteiger partial charge on any atom is 0.305 e. The number of aliphatic hydroxyl groups excluding tert-OH is 2. The third-order valence-corrected chi connectivity index (χ3v) is 11.1. The number of hydrogen-bond donors (Lipinski definition) is 3. The van der Waals surface area contributed by atoms with Crippen LogP contribution in [-0.2, 0) is 14.3 Å². The Morgan fingerprint density at radius 2 is 0.852 bits per heavy atom. The average molecular weight is 764 g/mol. The van der Waals surface area contributed by atoms with E-state index in [1.54, 1.807) is 6.08 Å². The first-order valence-electron chi connectivity index (χ1n) is 24.0. The van der Waals surface area contributed by atoms with E-state index in [2.05, 4.69) is 19.2 Å². The van der Waals surface area contributed by atoms with Crippen LogP contribution in [0.3, 0.4) is 0 Å². The number of amides is 1. The summed E-state index contributed by atoms with van der Waals surface area (Å²) in [4.78, 5) is 24.4. The number of rotatable bonds is 44. The van der Waals surface area contributed by atoms with E-state index in [4.69, 9.17) is 4.74 Å². The second-order valence-corrected chi connectivity index (χ2v) is 16.5. The first-order chi connectivity index (χ1) is 26.5. The van der Waals surface area contributed by atoms with E-state index < -0.39 is 12.1 Å². The highest BCUT2D eigenvalue weighted by Crippen LogP contribution is 2.16. The molecule has 1 amide bonds. The molecule has 0 aromatic carbocycles. The fourth-order valence-corrected chi connectivity index (χ4v) is 7.34. The van der Waals surface area contributed by atoms with E-state index in [1.165, 1.54) is 173 Å². The minimum absolute atomic E-state index is 0.0130. The zero-order valence-electron chi connectivity index (χ0n) is 36.2. The lowest BCUT2D eigenvalue weighted by molar-refractivity contribution is -0.143. The van der Waals surface area contributed by atoms with Crippen LogP contribution in [0.25, 0.3) is 0 Å². The fraction of sp³-hybridized carbons (Fsp3) is 0.917. The van der Waals surface area contributed by atoms with Gasteiger partial charge in [-0.1, -0.05) is 225 Å². The van der Waals surface area contributed by atoms with Gasteiger partial charge >= 0.3 is 5.97 Å². The zero-order valence-corrected chi connectivity index (χ0v) is 36.2. The SMILES string of the molecule is CCCCCCCCCCC/C=C/C(O)C(CO)NC(=O)CCCCCCCCCCCCCOC(=O)CCCCCCCCCCCCCCCCC. The highest BCUT2D eigenvalue weighted by atomic mass is 16.5. The number of ether oxygens (including phenoxy) is 1. The number of hydrogen-bond acceptors (Lipinski definition) is 5. The second kappa shape index (κ2) is 44.3. The van der Waals surface area contributed by atoms with Gasteiger partial charge in [0.2, 0.25) is 5.91 Å². The van der Waals surface area contributed by atoms with Crippen molar-refractivity contribution in [1.29, 1.82) is 0 Å². The molecule has 2 atom stereocenters. The summed E-state index contributed by atoms with van der Waals surface area (Å²) in [5.74, 6) is -0.101. The number of aliphatic hydroxyl groups is 2. The van der Waals surface area contributed by atoms with Crippen LogP contribution in [0.4, 0.5) is 0 Å². The monoisotopic (exact) mass is 764 g/mol. The molecule has 0 aliphatic carbocycles. The van der Waals surface area contributed by atoms with Gasteiger partial charge in [0.1, 0.15) is 0 Å². The fourth-order valence-electron chi connectivity index (χ4n) is 7.34. The zero-order chi connectivity index (χ0) is 39.4. The first kappa shape index (κ1) is 52.6. The van der Waals surface area contributed by atoms with Crippen molar-refractivity contribution in [1.82, 2.24) is 5.32 Å². The van der Waals surface area contributed by atoms with E-state index in [0.29, 0.717) is 19.4 Å². The number of carbonyl (C=O) groups excluding carboxylic acids is 2. The standard InChI is InChI=1S/C48H93NO5/c1-3-5-7-9-11-13-15-16-17-18-22-26-30-34-38-42-48(53)54-43-39-35-31-27-23-19-21-25-29-33-37-41-47(52)49-45(44-50)46(51)40-36-32-28-24-20-14-12-10-8-6-4-2/h36,40,45-46,50-51H,3-35,37-39,41-44H2,1-2H3,(H,49,52)/b40-36+. The minimum atomic E-state index is -0.853. The molecule has 0 aromatic heterocycles. The van der Waals surface area contributed by atoms with E-state index >= 15 is 0 Å². The average Bonchev–Trinajstić information content (AvgIpc) is 3.17. The highest BCUT2D eigenvalue weighted by Gasteiger charge is 2.18. The van der Waals surface area contributed by atoms with Gasteiger partial charge in [0, 0.05) is 12.8 Å². The van der Waals surface area contributed by atoms with Gasteiger partial charge in [-0.05, 0) is 32.1 Å². The van der Waals surface area contributed by atoms with Crippen LogP contribution in [0.1, 0.15) is 258 Å². The lowest BCUT2D eigenvalue weighted by atomic mass is 10.0. The predicted octanol–water partition coefficient (Wildman–Crippen LogP) is 13.8. The van der Waals surface area contributed by atoms with Crippen molar-refractivity contribution >= 4 is 11.9 Å². The molecule has 0 aliphatic rings. The molecular formula is C48H93NO5. The Labute approximate surface area is 336 Å². The number of esters is 1. The Morgan fingerprint density at radius 3 is 1.26 bits per heavy atom. The third-order valence-electron chi connectivity index (χ3n) is 11.1. The summed E-state index contributed by atoms with van der Waals surface area (Å²) < 4.78 is 5.45. The third kappa shape index (κ3) is 40.3. The summed E-state index contributed by atoms with van der Waals surface area (Å²) in [6, 6.07) is -0.638. The van der Waals surface area contributed by atoms with Crippen LogP contribution in [0, 0.1) is 0 Å². The van der Waals surface area contributed by atoms with Crippen LogP contribution in [0.5, 0.6) is 0 Å². The van der Waals surface area contributed by atoms with Crippen LogP contribution >= 0.6 is 0 Å². The summed E-state index contributed by atoms with van der Waals surface area (Å²) in [6.45, 7) is 4.85. The largest absolute Gasteiger partial charge is 0.466 e. The summed E-state index contributed by atoms with van der Waals surface area (Å²) in [7, 11) is 0. The molecule has 0 saturated heterocycles. The minimum Gasteiger partial charge on any atom is -0.466 e. The van der Waals surface area contributed by atoms with Gasteiger partial charge in [-0.3, -0.25) is 9.59 Å². The number of carbonyl (C=O) groups is 2. The maximum atomic E-state index is 12.4. The van der Waals surface area contributed by atoms with Gasteiger partial charge in [0.25, 0.3) is 0 Å². The lowest BCUT2D eigenvalue weighted by Gasteiger charge is -2.20.